The van der Waals surface area contributed by atoms with E-state index < -0.39 is 48.4 Å². The molecule has 0 spiro atoms. The Morgan fingerprint density at radius 1 is 1.34 bits per heavy atom. The van der Waals surface area contributed by atoms with Gasteiger partial charge < -0.3 is 24.6 Å². The van der Waals surface area contributed by atoms with Gasteiger partial charge in [-0.25, -0.2) is 9.36 Å². The fourth-order valence-electron chi connectivity index (χ4n) is 3.85. The average molecular weight is 551 g/mol. The summed E-state index contributed by atoms with van der Waals surface area (Å²) >= 11 is 9.68. The van der Waals surface area contributed by atoms with Gasteiger partial charge in [0.2, 0.25) is 5.72 Å². The van der Waals surface area contributed by atoms with E-state index in [1.807, 2.05) is 0 Å². The number of aryl methyl sites for hydroxylation is 1. The van der Waals surface area contributed by atoms with Crippen molar-refractivity contribution in [2.75, 3.05) is 6.61 Å². The van der Waals surface area contributed by atoms with Crippen LogP contribution in [0.1, 0.15) is 11.3 Å². The number of aliphatic hydroxyl groups is 1. The molecule has 1 fully saturated rings. The molecular weight excluding hydrogens is 533 g/mol. The lowest BCUT2D eigenvalue weighted by Crippen LogP contribution is -2.51. The topological polar surface area (TPSA) is 167 Å². The lowest BCUT2D eigenvalue weighted by atomic mass is 10.0. The molecule has 3 aromatic rings. The van der Waals surface area contributed by atoms with Crippen molar-refractivity contribution in [3.63, 3.8) is 0 Å². The largest absolute Gasteiger partial charge is 0.469 e. The number of fused-ring (bicyclic) bond motifs is 1. The zero-order valence-electron chi connectivity index (χ0n) is 16.4. The summed E-state index contributed by atoms with van der Waals surface area (Å²) in [5, 5.41) is 10.9. The molecule has 0 saturated carbocycles. The van der Waals surface area contributed by atoms with E-state index in [1.165, 1.54) is 13.1 Å². The highest BCUT2D eigenvalue weighted by molar-refractivity contribution is 9.09. The molecular formula is C18H18BrClN3O8P. The quantitative estimate of drug-likeness (QED) is 0.234. The number of hydrogen-bond acceptors (Lipinski definition) is 6. The maximum absolute atomic E-state index is 12.9. The molecule has 5 N–H and O–H groups in total. The fourth-order valence-corrected chi connectivity index (χ4v) is 5.85. The molecule has 0 amide bonds. The van der Waals surface area contributed by atoms with Crippen LogP contribution in [0.15, 0.2) is 40.1 Å². The van der Waals surface area contributed by atoms with Gasteiger partial charge in [0, 0.05) is 27.7 Å². The van der Waals surface area contributed by atoms with Gasteiger partial charge in [0.15, 0.2) is 0 Å². The van der Waals surface area contributed by atoms with Gasteiger partial charge in [-0.1, -0.05) is 33.6 Å². The van der Waals surface area contributed by atoms with Crippen LogP contribution in [0, 0.1) is 6.92 Å². The molecule has 14 heteroatoms. The number of nitrogens with one attached hydrogen (secondary N) is 2. The molecule has 1 aliphatic rings. The minimum Gasteiger partial charge on any atom is -0.394 e. The molecule has 1 aromatic carbocycles. The molecule has 0 radical (unpaired) electrons. The summed E-state index contributed by atoms with van der Waals surface area (Å²) in [5.41, 5.74) is -2.20. The second kappa shape index (κ2) is 8.23. The van der Waals surface area contributed by atoms with Gasteiger partial charge >= 0.3 is 13.5 Å². The first-order valence-electron chi connectivity index (χ1n) is 9.25. The summed E-state index contributed by atoms with van der Waals surface area (Å²) in [6.07, 6.45) is -1.36. The number of H-pyrrole nitrogens is 2. The van der Waals surface area contributed by atoms with E-state index in [0.717, 1.165) is 4.57 Å². The highest BCUT2D eigenvalue weighted by Crippen LogP contribution is 2.51. The van der Waals surface area contributed by atoms with Crippen molar-refractivity contribution >= 4 is 46.3 Å². The third-order valence-corrected chi connectivity index (χ3v) is 7.26. The number of benzene rings is 1. The van der Waals surface area contributed by atoms with E-state index in [4.69, 9.17) is 20.9 Å². The molecule has 2 aromatic heterocycles. The maximum Gasteiger partial charge on any atom is 0.469 e. The number of nitrogens with zero attached hydrogens (tertiary/aromatic N) is 1. The molecule has 4 rings (SSSR count). The Labute approximate surface area is 193 Å². The fraction of sp³-hybridized carbons (Fsp3) is 0.333. The summed E-state index contributed by atoms with van der Waals surface area (Å²) in [5.74, 6) is 0. The number of hydrogen-bond donors (Lipinski definition) is 5. The Balaban J connectivity index is 2.03. The Hall–Kier alpha value is -1.76. The van der Waals surface area contributed by atoms with Crippen LogP contribution < -0.4 is 11.2 Å². The van der Waals surface area contributed by atoms with Gasteiger partial charge in [0.05, 0.1) is 17.1 Å². The molecule has 1 aliphatic heterocycles. The van der Waals surface area contributed by atoms with Crippen LogP contribution in [0.25, 0.3) is 10.9 Å². The second-order valence-electron chi connectivity index (χ2n) is 7.32. The highest BCUT2D eigenvalue weighted by atomic mass is 79.9. The van der Waals surface area contributed by atoms with E-state index in [9.17, 15) is 29.0 Å². The number of rotatable bonds is 5. The number of ether oxygens (including phenoxy) is 1. The van der Waals surface area contributed by atoms with Crippen molar-refractivity contribution in [1.29, 1.82) is 0 Å². The zero-order valence-corrected chi connectivity index (χ0v) is 19.6. The van der Waals surface area contributed by atoms with E-state index in [-0.39, 0.29) is 11.3 Å². The number of phosphoric ester groups is 1. The Morgan fingerprint density at radius 3 is 2.69 bits per heavy atom. The van der Waals surface area contributed by atoms with Gasteiger partial charge in [-0.3, -0.25) is 18.9 Å². The standard InChI is InChI=1S/C18H18BrClN3O8P/c1-8-6-23(17(26)22-16(8)25)18(13-5-9-10(20)3-2-4-11(9)21-13)15(19)14(12(7-24)30-18)31-32(27,28)29/h2-6,12,14-15,21,24H,7H2,1H3,(H,22,25,26)(H2,27,28,29)/t12-,14-,15?,18-/m1/s1. The summed E-state index contributed by atoms with van der Waals surface area (Å²) in [7, 11) is -5.01. The molecule has 172 valence electrons. The van der Waals surface area contributed by atoms with Crippen molar-refractivity contribution in [3.05, 3.63) is 67.6 Å². The van der Waals surface area contributed by atoms with Crippen LogP contribution >= 0.6 is 35.4 Å². The summed E-state index contributed by atoms with van der Waals surface area (Å²) in [4.78, 5) is 47.9. The van der Waals surface area contributed by atoms with Crippen LogP contribution in [-0.2, 0) is 19.6 Å². The minimum absolute atomic E-state index is 0.182. The number of alkyl halides is 1. The monoisotopic (exact) mass is 549 g/mol. The third-order valence-electron chi connectivity index (χ3n) is 5.27. The van der Waals surface area contributed by atoms with Crippen LogP contribution in [0.5, 0.6) is 0 Å². The van der Waals surface area contributed by atoms with Crippen LogP contribution in [0.4, 0.5) is 0 Å². The third kappa shape index (κ3) is 3.80. The summed E-state index contributed by atoms with van der Waals surface area (Å²) < 4.78 is 23.7. The first-order chi connectivity index (χ1) is 15.0. The molecule has 1 saturated heterocycles. The van der Waals surface area contributed by atoms with Crippen molar-refractivity contribution in [2.24, 2.45) is 0 Å². The SMILES string of the molecule is Cc1cn([C@]2(c3cc4c(Cl)cccc4[nH]3)O[C@H](CO)[C@@H](OP(=O)(O)O)C2Br)c(=O)[nH]c1=O. The van der Waals surface area contributed by atoms with Crippen molar-refractivity contribution in [3.8, 4) is 0 Å². The van der Waals surface area contributed by atoms with Crippen molar-refractivity contribution < 1.29 is 28.7 Å². The number of phosphoric acid groups is 1. The average Bonchev–Trinajstić information content (AvgIpc) is 3.26. The maximum atomic E-state index is 12.9. The molecule has 0 aliphatic carbocycles. The van der Waals surface area contributed by atoms with Crippen LogP contribution in [-0.4, -0.2) is 53.1 Å². The van der Waals surface area contributed by atoms with Gasteiger partial charge in [0.25, 0.3) is 5.56 Å². The lowest BCUT2D eigenvalue weighted by molar-refractivity contribution is -0.0937. The van der Waals surface area contributed by atoms with Gasteiger partial charge in [-0.2, -0.15) is 0 Å². The molecule has 3 heterocycles. The summed E-state index contributed by atoms with van der Waals surface area (Å²) in [6, 6.07) is 6.74. The predicted molar refractivity (Wildman–Crippen MR) is 118 cm³/mol. The highest BCUT2D eigenvalue weighted by Gasteiger charge is 2.59. The van der Waals surface area contributed by atoms with E-state index >= 15 is 0 Å². The first kappa shape index (κ1) is 23.4. The minimum atomic E-state index is -5.01. The molecule has 4 atom stereocenters. The first-order valence-corrected chi connectivity index (χ1v) is 12.1. The normalized spacial score (nSPS) is 26.1. The Kier molecular flexibility index (Phi) is 6.02. The summed E-state index contributed by atoms with van der Waals surface area (Å²) in [6.45, 7) is 0.808. The number of halogens is 2. The van der Waals surface area contributed by atoms with Gasteiger partial charge in [0.1, 0.15) is 12.2 Å². The zero-order chi connectivity index (χ0) is 23.4. The molecule has 1 unspecified atom stereocenters. The van der Waals surface area contributed by atoms with Crippen LogP contribution in [0.3, 0.4) is 0 Å². The number of aliphatic hydroxyl groups excluding tert-OH is 1. The van der Waals surface area contributed by atoms with Crippen LogP contribution in [0.2, 0.25) is 5.02 Å². The second-order valence-corrected chi connectivity index (χ2v) is 9.91. The van der Waals surface area contributed by atoms with E-state index in [2.05, 4.69) is 25.9 Å². The Morgan fingerprint density at radius 2 is 2.06 bits per heavy atom. The molecule has 11 nitrogen and oxygen atoms in total. The lowest BCUT2D eigenvalue weighted by Gasteiger charge is -2.33. The number of aromatic nitrogens is 3. The molecule has 0 bridgehead atoms. The van der Waals surface area contributed by atoms with Crippen molar-refractivity contribution in [2.45, 2.75) is 29.7 Å². The van der Waals surface area contributed by atoms with E-state index in [1.54, 1.807) is 24.3 Å². The van der Waals surface area contributed by atoms with Crippen molar-refractivity contribution in [1.82, 2.24) is 14.5 Å². The van der Waals surface area contributed by atoms with E-state index in [0.29, 0.717) is 15.9 Å². The predicted octanol–water partition coefficient (Wildman–Crippen LogP) is 1.31. The smallest absolute Gasteiger partial charge is 0.394 e. The Bertz CT molecular complexity index is 1350. The van der Waals surface area contributed by atoms with Gasteiger partial charge in [-0.15, -0.1) is 0 Å². The number of aromatic amines is 2. The molecule has 32 heavy (non-hydrogen) atoms. The van der Waals surface area contributed by atoms with Gasteiger partial charge in [-0.05, 0) is 25.1 Å².